The molecular weight excluding hydrogens is 347 g/mol. The average Bonchev–Trinajstić information content (AvgIpc) is 2.35. The zero-order chi connectivity index (χ0) is 15.6. The standard InChI is InChI=1S/C15H13BrF3NO/c1-8(20)4-9-5-12(18)15(13(19)6-9)21-14-3-2-10(16)7-11(14)17/h2-3,5-8H,4,20H2,1H3. The Bertz CT molecular complexity index is 638. The minimum Gasteiger partial charge on any atom is -0.448 e. The maximum absolute atomic E-state index is 13.9. The Morgan fingerprint density at radius 1 is 1.10 bits per heavy atom. The fraction of sp³-hybridized carbons (Fsp3) is 0.200. The van der Waals surface area contributed by atoms with Crippen LogP contribution in [0.1, 0.15) is 12.5 Å². The Hall–Kier alpha value is -1.53. The van der Waals surface area contributed by atoms with E-state index < -0.39 is 23.2 Å². The molecule has 0 saturated heterocycles. The van der Waals surface area contributed by atoms with Gasteiger partial charge >= 0.3 is 0 Å². The molecule has 1 unspecified atom stereocenters. The first kappa shape index (κ1) is 15.9. The summed E-state index contributed by atoms with van der Waals surface area (Å²) in [4.78, 5) is 0. The van der Waals surface area contributed by atoms with E-state index >= 15 is 0 Å². The predicted molar refractivity (Wildman–Crippen MR) is 77.9 cm³/mol. The molecule has 0 fully saturated rings. The van der Waals surface area contributed by atoms with Crippen molar-refractivity contribution in [1.29, 1.82) is 0 Å². The molecule has 2 N–H and O–H groups in total. The van der Waals surface area contributed by atoms with Crippen molar-refractivity contribution in [3.63, 3.8) is 0 Å². The van der Waals surface area contributed by atoms with Crippen molar-refractivity contribution in [3.05, 3.63) is 57.8 Å². The smallest absolute Gasteiger partial charge is 0.198 e. The summed E-state index contributed by atoms with van der Waals surface area (Å²) in [5, 5.41) is 0. The maximum atomic E-state index is 13.9. The lowest BCUT2D eigenvalue weighted by Crippen LogP contribution is -2.18. The monoisotopic (exact) mass is 359 g/mol. The number of ether oxygens (including phenoxy) is 1. The third-order valence-corrected chi connectivity index (χ3v) is 3.21. The molecule has 6 heteroatoms. The lowest BCUT2D eigenvalue weighted by molar-refractivity contribution is 0.386. The summed E-state index contributed by atoms with van der Waals surface area (Å²) in [6.45, 7) is 1.73. The van der Waals surface area contributed by atoms with Gasteiger partial charge in [0.2, 0.25) is 0 Å². The van der Waals surface area contributed by atoms with Gasteiger partial charge in [-0.2, -0.15) is 0 Å². The predicted octanol–water partition coefficient (Wildman–Crippen LogP) is 4.55. The van der Waals surface area contributed by atoms with Gasteiger partial charge in [0.25, 0.3) is 0 Å². The van der Waals surface area contributed by atoms with Crippen LogP contribution in [0.4, 0.5) is 13.2 Å². The van der Waals surface area contributed by atoms with Crippen LogP contribution >= 0.6 is 15.9 Å². The fourth-order valence-corrected chi connectivity index (χ4v) is 2.20. The molecule has 0 aromatic heterocycles. The summed E-state index contributed by atoms with van der Waals surface area (Å²) in [7, 11) is 0. The quantitative estimate of drug-likeness (QED) is 0.868. The van der Waals surface area contributed by atoms with Crippen LogP contribution < -0.4 is 10.5 Å². The summed E-state index contributed by atoms with van der Waals surface area (Å²) in [5.74, 6) is -3.40. The number of benzene rings is 2. The highest BCUT2D eigenvalue weighted by atomic mass is 79.9. The Morgan fingerprint density at radius 2 is 1.71 bits per heavy atom. The molecule has 2 aromatic rings. The zero-order valence-corrected chi connectivity index (χ0v) is 12.8. The molecule has 0 bridgehead atoms. The summed E-state index contributed by atoms with van der Waals surface area (Å²) < 4.78 is 47.0. The first-order valence-electron chi connectivity index (χ1n) is 6.23. The molecule has 2 rings (SSSR count). The molecule has 112 valence electrons. The van der Waals surface area contributed by atoms with E-state index in [1.165, 1.54) is 12.1 Å². The molecule has 0 aliphatic heterocycles. The summed E-state index contributed by atoms with van der Waals surface area (Å²) in [6.07, 6.45) is 0.334. The van der Waals surface area contributed by atoms with Crippen LogP contribution in [0.3, 0.4) is 0 Å². The van der Waals surface area contributed by atoms with Gasteiger partial charge in [-0.05, 0) is 49.2 Å². The molecule has 0 aliphatic rings. The van der Waals surface area contributed by atoms with Crippen LogP contribution in [0.2, 0.25) is 0 Å². The normalized spacial score (nSPS) is 12.3. The molecular formula is C15H13BrF3NO. The van der Waals surface area contributed by atoms with E-state index in [1.807, 2.05) is 0 Å². The Balaban J connectivity index is 2.32. The van der Waals surface area contributed by atoms with Gasteiger partial charge in [-0.25, -0.2) is 13.2 Å². The van der Waals surface area contributed by atoms with Gasteiger partial charge in [-0.15, -0.1) is 0 Å². The van der Waals surface area contributed by atoms with Crippen LogP contribution in [0.15, 0.2) is 34.8 Å². The van der Waals surface area contributed by atoms with Gasteiger partial charge in [0.1, 0.15) is 0 Å². The number of nitrogens with two attached hydrogens (primary N) is 1. The number of hydrogen-bond acceptors (Lipinski definition) is 2. The molecule has 0 heterocycles. The third kappa shape index (κ3) is 3.98. The van der Waals surface area contributed by atoms with Crippen molar-refractivity contribution in [3.8, 4) is 11.5 Å². The Morgan fingerprint density at radius 3 is 2.24 bits per heavy atom. The van der Waals surface area contributed by atoms with Gasteiger partial charge in [0, 0.05) is 10.5 Å². The van der Waals surface area contributed by atoms with Crippen molar-refractivity contribution in [2.24, 2.45) is 5.73 Å². The molecule has 1 atom stereocenters. The molecule has 2 nitrogen and oxygen atoms in total. The maximum Gasteiger partial charge on any atom is 0.198 e. The first-order valence-corrected chi connectivity index (χ1v) is 7.02. The number of halogens is 4. The topological polar surface area (TPSA) is 35.2 Å². The van der Waals surface area contributed by atoms with E-state index in [2.05, 4.69) is 15.9 Å². The lowest BCUT2D eigenvalue weighted by Gasteiger charge is -2.11. The Labute approximate surface area is 128 Å². The van der Waals surface area contributed by atoms with Crippen molar-refractivity contribution < 1.29 is 17.9 Å². The number of hydrogen-bond donors (Lipinski definition) is 1. The van der Waals surface area contributed by atoms with Crippen molar-refractivity contribution in [2.45, 2.75) is 19.4 Å². The van der Waals surface area contributed by atoms with Crippen LogP contribution in [0.5, 0.6) is 11.5 Å². The van der Waals surface area contributed by atoms with Gasteiger partial charge in [0.05, 0.1) is 0 Å². The van der Waals surface area contributed by atoms with Gasteiger partial charge in [-0.3, -0.25) is 0 Å². The van der Waals surface area contributed by atoms with Crippen LogP contribution in [-0.2, 0) is 6.42 Å². The highest BCUT2D eigenvalue weighted by Crippen LogP contribution is 2.31. The lowest BCUT2D eigenvalue weighted by atomic mass is 10.1. The second-order valence-electron chi connectivity index (χ2n) is 4.75. The van der Waals surface area contributed by atoms with Crippen LogP contribution in [0.25, 0.3) is 0 Å². The largest absolute Gasteiger partial charge is 0.448 e. The number of rotatable bonds is 4. The van der Waals surface area contributed by atoms with Crippen molar-refractivity contribution >= 4 is 15.9 Å². The minimum atomic E-state index is -0.895. The highest BCUT2D eigenvalue weighted by molar-refractivity contribution is 9.10. The van der Waals surface area contributed by atoms with E-state index in [9.17, 15) is 13.2 Å². The van der Waals surface area contributed by atoms with Crippen LogP contribution in [-0.4, -0.2) is 6.04 Å². The van der Waals surface area contributed by atoms with Crippen molar-refractivity contribution in [1.82, 2.24) is 0 Å². The van der Waals surface area contributed by atoms with Gasteiger partial charge < -0.3 is 10.5 Å². The molecule has 21 heavy (non-hydrogen) atoms. The molecule has 0 amide bonds. The molecule has 0 saturated carbocycles. The molecule has 2 aromatic carbocycles. The third-order valence-electron chi connectivity index (χ3n) is 2.72. The summed E-state index contributed by atoms with van der Waals surface area (Å²) in [6, 6.07) is 6.00. The molecule has 0 radical (unpaired) electrons. The highest BCUT2D eigenvalue weighted by Gasteiger charge is 2.16. The van der Waals surface area contributed by atoms with E-state index in [-0.39, 0.29) is 11.8 Å². The summed E-state index contributed by atoms with van der Waals surface area (Å²) >= 11 is 3.09. The molecule has 0 spiro atoms. The van der Waals surface area contributed by atoms with E-state index in [4.69, 9.17) is 10.5 Å². The second kappa shape index (κ2) is 6.49. The fourth-order valence-electron chi connectivity index (χ4n) is 1.87. The first-order chi connectivity index (χ1) is 9.86. The van der Waals surface area contributed by atoms with E-state index in [0.717, 1.165) is 18.2 Å². The zero-order valence-electron chi connectivity index (χ0n) is 11.2. The molecule has 0 aliphatic carbocycles. The van der Waals surface area contributed by atoms with Crippen LogP contribution in [0, 0.1) is 17.5 Å². The average molecular weight is 360 g/mol. The van der Waals surface area contributed by atoms with Gasteiger partial charge in [0.15, 0.2) is 29.0 Å². The summed E-state index contributed by atoms with van der Waals surface area (Å²) in [5.41, 5.74) is 6.01. The SMILES string of the molecule is CC(N)Cc1cc(F)c(Oc2ccc(Br)cc2F)c(F)c1. The van der Waals surface area contributed by atoms with E-state index in [1.54, 1.807) is 6.92 Å². The second-order valence-corrected chi connectivity index (χ2v) is 5.66. The van der Waals surface area contributed by atoms with E-state index in [0.29, 0.717) is 16.5 Å². The minimum absolute atomic E-state index is 0.223. The van der Waals surface area contributed by atoms with Crippen molar-refractivity contribution in [2.75, 3.05) is 0 Å². The van der Waals surface area contributed by atoms with Gasteiger partial charge in [-0.1, -0.05) is 15.9 Å². The Kier molecular flexibility index (Phi) is 4.90.